The summed E-state index contributed by atoms with van der Waals surface area (Å²) in [7, 11) is 1.63. The molecule has 0 aliphatic carbocycles. The van der Waals surface area contributed by atoms with E-state index in [4.69, 9.17) is 5.73 Å². The van der Waals surface area contributed by atoms with E-state index >= 15 is 0 Å². The largest absolute Gasteiger partial charge is 0.383 e. The van der Waals surface area contributed by atoms with Crippen LogP contribution in [0.4, 0.5) is 11.4 Å². The van der Waals surface area contributed by atoms with Crippen molar-refractivity contribution in [1.29, 1.82) is 0 Å². The lowest BCUT2D eigenvalue weighted by Gasteiger charge is -2.25. The van der Waals surface area contributed by atoms with Crippen LogP contribution in [0.15, 0.2) is 18.2 Å². The molecule has 0 saturated carbocycles. The molecule has 0 radical (unpaired) electrons. The molecule has 0 bridgehead atoms. The fourth-order valence-corrected chi connectivity index (χ4v) is 1.90. The topological polar surface area (TPSA) is 102 Å². The van der Waals surface area contributed by atoms with Crippen LogP contribution in [0.25, 0.3) is 0 Å². The molecular weight excluding hydrogens is 260 g/mol. The molecule has 3 N–H and O–H groups in total. The van der Waals surface area contributed by atoms with Crippen molar-refractivity contribution in [2.24, 2.45) is 5.73 Å². The van der Waals surface area contributed by atoms with Gasteiger partial charge in [-0.3, -0.25) is 19.8 Å². The SMILES string of the molecule is CNc1cc(CN(CC(N)=O)C(C)C)ccc1[N+](=O)[O-]. The van der Waals surface area contributed by atoms with Gasteiger partial charge in [-0.15, -0.1) is 0 Å². The molecule has 1 aromatic rings. The first-order valence-corrected chi connectivity index (χ1v) is 6.32. The Morgan fingerprint density at radius 1 is 1.50 bits per heavy atom. The van der Waals surface area contributed by atoms with Gasteiger partial charge in [0.25, 0.3) is 5.69 Å². The average molecular weight is 280 g/mol. The molecular formula is C13H20N4O3. The summed E-state index contributed by atoms with van der Waals surface area (Å²) < 4.78 is 0. The summed E-state index contributed by atoms with van der Waals surface area (Å²) in [5.74, 6) is -0.394. The fourth-order valence-electron chi connectivity index (χ4n) is 1.90. The van der Waals surface area contributed by atoms with Crippen LogP contribution < -0.4 is 11.1 Å². The van der Waals surface area contributed by atoms with E-state index in [1.165, 1.54) is 6.07 Å². The molecule has 7 heteroatoms. The second-order valence-corrected chi connectivity index (χ2v) is 4.82. The molecule has 0 aliphatic rings. The second kappa shape index (κ2) is 6.85. The van der Waals surface area contributed by atoms with Gasteiger partial charge in [0.2, 0.25) is 5.91 Å². The van der Waals surface area contributed by atoms with Gasteiger partial charge in [0, 0.05) is 25.7 Å². The van der Waals surface area contributed by atoms with E-state index in [-0.39, 0.29) is 18.3 Å². The molecule has 0 heterocycles. The van der Waals surface area contributed by atoms with Crippen molar-refractivity contribution >= 4 is 17.3 Å². The van der Waals surface area contributed by atoms with Gasteiger partial charge in [0.05, 0.1) is 11.5 Å². The summed E-state index contributed by atoms with van der Waals surface area (Å²) >= 11 is 0. The van der Waals surface area contributed by atoms with E-state index in [9.17, 15) is 14.9 Å². The van der Waals surface area contributed by atoms with Crippen LogP contribution in [-0.2, 0) is 11.3 Å². The fraction of sp³-hybridized carbons (Fsp3) is 0.462. The maximum atomic E-state index is 11.0. The lowest BCUT2D eigenvalue weighted by molar-refractivity contribution is -0.384. The third-order valence-electron chi connectivity index (χ3n) is 3.00. The summed E-state index contributed by atoms with van der Waals surface area (Å²) in [5, 5.41) is 13.7. The number of nitrogens with zero attached hydrogens (tertiary/aromatic N) is 2. The Balaban J connectivity index is 2.96. The van der Waals surface area contributed by atoms with E-state index in [1.54, 1.807) is 19.2 Å². The number of nitrogens with two attached hydrogens (primary N) is 1. The lowest BCUT2D eigenvalue weighted by atomic mass is 10.1. The number of rotatable bonds is 7. The summed E-state index contributed by atoms with van der Waals surface area (Å²) in [5.41, 5.74) is 6.59. The van der Waals surface area contributed by atoms with Crippen LogP contribution in [0.1, 0.15) is 19.4 Å². The minimum absolute atomic E-state index is 0.0299. The van der Waals surface area contributed by atoms with Crippen molar-refractivity contribution in [1.82, 2.24) is 4.90 Å². The molecule has 0 fully saturated rings. The number of carbonyl (C=O) groups excluding carboxylic acids is 1. The predicted molar refractivity (Wildman–Crippen MR) is 77.4 cm³/mol. The number of hydrogen-bond acceptors (Lipinski definition) is 5. The van der Waals surface area contributed by atoms with E-state index in [1.807, 2.05) is 18.7 Å². The first-order chi connectivity index (χ1) is 9.35. The van der Waals surface area contributed by atoms with Gasteiger partial charge in [-0.25, -0.2) is 0 Å². The number of primary amides is 1. The molecule has 0 unspecified atom stereocenters. The minimum atomic E-state index is -0.431. The van der Waals surface area contributed by atoms with Crippen LogP contribution in [0.3, 0.4) is 0 Å². The van der Waals surface area contributed by atoms with Crippen molar-refractivity contribution in [2.75, 3.05) is 18.9 Å². The number of anilines is 1. The van der Waals surface area contributed by atoms with Crippen LogP contribution in [-0.4, -0.2) is 35.4 Å². The van der Waals surface area contributed by atoms with Crippen LogP contribution in [0.5, 0.6) is 0 Å². The third kappa shape index (κ3) is 4.20. The summed E-state index contributed by atoms with van der Waals surface area (Å²) in [4.78, 5) is 23.4. The van der Waals surface area contributed by atoms with Crippen molar-refractivity contribution in [3.8, 4) is 0 Å². The molecule has 1 aromatic carbocycles. The highest BCUT2D eigenvalue weighted by molar-refractivity contribution is 5.76. The molecule has 0 saturated heterocycles. The molecule has 1 rings (SSSR count). The van der Waals surface area contributed by atoms with Gasteiger partial charge in [0.15, 0.2) is 0 Å². The molecule has 0 aromatic heterocycles. The molecule has 110 valence electrons. The third-order valence-corrected chi connectivity index (χ3v) is 3.00. The Bertz CT molecular complexity index is 502. The zero-order valence-electron chi connectivity index (χ0n) is 11.9. The molecule has 0 aliphatic heterocycles. The monoisotopic (exact) mass is 280 g/mol. The summed E-state index contributed by atoms with van der Waals surface area (Å²) in [6.07, 6.45) is 0. The molecule has 0 spiro atoms. The number of nitrogens with one attached hydrogen (secondary N) is 1. The second-order valence-electron chi connectivity index (χ2n) is 4.82. The molecule has 0 atom stereocenters. The van der Waals surface area contributed by atoms with E-state index < -0.39 is 10.8 Å². The van der Waals surface area contributed by atoms with Crippen molar-refractivity contribution in [3.63, 3.8) is 0 Å². The number of hydrogen-bond donors (Lipinski definition) is 2. The zero-order chi connectivity index (χ0) is 15.3. The van der Waals surface area contributed by atoms with Gasteiger partial charge in [-0.05, 0) is 25.5 Å². The average Bonchev–Trinajstić information content (AvgIpc) is 2.36. The Morgan fingerprint density at radius 2 is 2.15 bits per heavy atom. The smallest absolute Gasteiger partial charge is 0.292 e. The van der Waals surface area contributed by atoms with Crippen molar-refractivity contribution in [2.45, 2.75) is 26.4 Å². The highest BCUT2D eigenvalue weighted by Crippen LogP contribution is 2.25. The van der Waals surface area contributed by atoms with E-state index in [0.717, 1.165) is 5.56 Å². The highest BCUT2D eigenvalue weighted by Gasteiger charge is 2.16. The number of carbonyl (C=O) groups is 1. The van der Waals surface area contributed by atoms with E-state index in [0.29, 0.717) is 12.2 Å². The first-order valence-electron chi connectivity index (χ1n) is 6.32. The first kappa shape index (κ1) is 15.9. The van der Waals surface area contributed by atoms with E-state index in [2.05, 4.69) is 5.32 Å². The normalized spacial score (nSPS) is 10.8. The van der Waals surface area contributed by atoms with Crippen LogP contribution in [0.2, 0.25) is 0 Å². The van der Waals surface area contributed by atoms with Gasteiger partial charge >= 0.3 is 0 Å². The van der Waals surface area contributed by atoms with Gasteiger partial charge in [-0.1, -0.05) is 6.07 Å². The predicted octanol–water partition coefficient (Wildman–Crippen LogP) is 1.33. The highest BCUT2D eigenvalue weighted by atomic mass is 16.6. The van der Waals surface area contributed by atoms with Gasteiger partial charge in [-0.2, -0.15) is 0 Å². The van der Waals surface area contributed by atoms with Crippen LogP contribution in [0, 0.1) is 10.1 Å². The Kier molecular flexibility index (Phi) is 5.45. The quantitative estimate of drug-likeness (QED) is 0.579. The maximum Gasteiger partial charge on any atom is 0.292 e. The Morgan fingerprint density at radius 3 is 2.60 bits per heavy atom. The van der Waals surface area contributed by atoms with Gasteiger partial charge in [0.1, 0.15) is 5.69 Å². The molecule has 20 heavy (non-hydrogen) atoms. The lowest BCUT2D eigenvalue weighted by Crippen LogP contribution is -2.37. The van der Waals surface area contributed by atoms with Gasteiger partial charge < -0.3 is 11.1 Å². The Hall–Kier alpha value is -2.15. The summed E-state index contributed by atoms with van der Waals surface area (Å²) in [6.45, 7) is 4.59. The number of nitro groups is 1. The minimum Gasteiger partial charge on any atom is -0.383 e. The standard InChI is InChI=1S/C13H20N4O3/c1-9(2)16(8-13(14)18)7-10-4-5-12(17(19)20)11(6-10)15-3/h4-6,9,15H,7-8H2,1-3H3,(H2,14,18). The maximum absolute atomic E-state index is 11.0. The van der Waals surface area contributed by atoms with Crippen LogP contribution >= 0.6 is 0 Å². The summed E-state index contributed by atoms with van der Waals surface area (Å²) in [6, 6.07) is 5.02. The zero-order valence-corrected chi connectivity index (χ0v) is 11.9. The van der Waals surface area contributed by atoms with Crippen molar-refractivity contribution < 1.29 is 9.72 Å². The number of benzene rings is 1. The molecule has 7 nitrogen and oxygen atoms in total. The van der Waals surface area contributed by atoms with Crippen molar-refractivity contribution in [3.05, 3.63) is 33.9 Å². The number of amides is 1. The molecule has 1 amide bonds. The number of nitro benzene ring substituents is 1. The Labute approximate surface area is 117 Å².